The van der Waals surface area contributed by atoms with Crippen LogP contribution in [0.25, 0.3) is 0 Å². The van der Waals surface area contributed by atoms with Gasteiger partial charge in [0.1, 0.15) is 11.8 Å². The van der Waals surface area contributed by atoms with E-state index >= 15 is 0 Å². The maximum Gasteiger partial charge on any atom is 0.289 e. The van der Waals surface area contributed by atoms with Gasteiger partial charge in [0.05, 0.1) is 0 Å². The van der Waals surface area contributed by atoms with Crippen molar-refractivity contribution in [1.82, 2.24) is 20.0 Å². The van der Waals surface area contributed by atoms with Crippen molar-refractivity contribution >= 4 is 11.8 Å². The summed E-state index contributed by atoms with van der Waals surface area (Å²) >= 11 is 0. The highest BCUT2D eigenvalue weighted by Crippen LogP contribution is 2.23. The first-order valence-corrected chi connectivity index (χ1v) is 9.80. The Balaban J connectivity index is 1.47. The first-order valence-electron chi connectivity index (χ1n) is 9.80. The zero-order valence-corrected chi connectivity index (χ0v) is 15.5. The van der Waals surface area contributed by atoms with Gasteiger partial charge in [-0.05, 0) is 32.0 Å². The number of hydrogen-bond acceptors (Lipinski definition) is 5. The monoisotopic (exact) mass is 360 g/mol. The Labute approximate surface area is 154 Å². The zero-order valence-electron chi connectivity index (χ0n) is 15.5. The van der Waals surface area contributed by atoms with Gasteiger partial charge >= 0.3 is 0 Å². The van der Waals surface area contributed by atoms with Crippen LogP contribution in [-0.4, -0.2) is 78.4 Å². The number of furan rings is 1. The molecule has 3 aliphatic rings. The van der Waals surface area contributed by atoms with Gasteiger partial charge in [0.25, 0.3) is 5.91 Å². The van der Waals surface area contributed by atoms with Gasteiger partial charge in [-0.25, -0.2) is 0 Å². The number of fused-ring (bicyclic) bond motifs is 1. The molecule has 0 aliphatic carbocycles. The molecule has 0 saturated carbocycles. The number of rotatable bonds is 4. The summed E-state index contributed by atoms with van der Waals surface area (Å²) in [4.78, 5) is 31.4. The number of carbonyl (C=O) groups excluding carboxylic acids is 2. The minimum Gasteiger partial charge on any atom is -0.456 e. The predicted molar refractivity (Wildman–Crippen MR) is 96.9 cm³/mol. The molecule has 0 spiro atoms. The van der Waals surface area contributed by atoms with Crippen molar-refractivity contribution in [3.8, 4) is 0 Å². The van der Waals surface area contributed by atoms with Crippen LogP contribution in [0.3, 0.4) is 0 Å². The smallest absolute Gasteiger partial charge is 0.289 e. The molecule has 0 aromatic carbocycles. The summed E-state index contributed by atoms with van der Waals surface area (Å²) in [6.45, 7) is 8.55. The van der Waals surface area contributed by atoms with E-state index in [0.29, 0.717) is 25.4 Å². The summed E-state index contributed by atoms with van der Waals surface area (Å²) in [5, 5.41) is 2.90. The molecule has 3 fully saturated rings. The second-order valence-electron chi connectivity index (χ2n) is 7.49. The minimum atomic E-state index is -0.230. The molecule has 1 aromatic heterocycles. The van der Waals surface area contributed by atoms with E-state index in [0.717, 1.165) is 50.5 Å². The lowest BCUT2D eigenvalue weighted by atomic mass is 10.1. The highest BCUT2D eigenvalue weighted by molar-refractivity contribution is 5.93. The molecule has 4 heterocycles. The van der Waals surface area contributed by atoms with Crippen molar-refractivity contribution in [3.05, 3.63) is 23.2 Å². The maximum atomic E-state index is 13.0. The fraction of sp³-hybridized carbons (Fsp3) is 0.684. The van der Waals surface area contributed by atoms with Crippen LogP contribution in [0.2, 0.25) is 0 Å². The van der Waals surface area contributed by atoms with Crippen LogP contribution in [0.15, 0.2) is 10.5 Å². The SMILES string of the molecule is CCc1oc(C(=O)N2CCN3CCNC(=O)[C@H]3C2)cc1CN1CCCC1. The molecular weight excluding hydrogens is 332 g/mol. The number of likely N-dealkylation sites (tertiary alicyclic amines) is 1. The van der Waals surface area contributed by atoms with Crippen LogP contribution in [0.5, 0.6) is 0 Å². The van der Waals surface area contributed by atoms with E-state index in [4.69, 9.17) is 4.42 Å². The summed E-state index contributed by atoms with van der Waals surface area (Å²) in [6, 6.07) is 1.69. The molecule has 26 heavy (non-hydrogen) atoms. The van der Waals surface area contributed by atoms with E-state index < -0.39 is 0 Å². The normalized spacial score (nSPS) is 24.6. The third-order valence-electron chi connectivity index (χ3n) is 5.80. The number of nitrogens with zero attached hydrogens (tertiary/aromatic N) is 3. The van der Waals surface area contributed by atoms with Crippen LogP contribution in [-0.2, 0) is 17.8 Å². The number of piperazine rings is 2. The molecule has 0 radical (unpaired) electrons. The van der Waals surface area contributed by atoms with E-state index in [1.807, 2.05) is 6.07 Å². The molecule has 0 unspecified atom stereocenters. The van der Waals surface area contributed by atoms with Crippen LogP contribution in [0, 0.1) is 0 Å². The van der Waals surface area contributed by atoms with Crippen LogP contribution >= 0.6 is 0 Å². The molecule has 142 valence electrons. The van der Waals surface area contributed by atoms with Crippen LogP contribution in [0.1, 0.15) is 41.6 Å². The van der Waals surface area contributed by atoms with Crippen molar-refractivity contribution in [2.75, 3.05) is 45.8 Å². The van der Waals surface area contributed by atoms with Crippen molar-refractivity contribution < 1.29 is 14.0 Å². The van der Waals surface area contributed by atoms with Gasteiger partial charge in [0.2, 0.25) is 5.91 Å². The first-order chi connectivity index (χ1) is 12.7. The Hall–Kier alpha value is -1.86. The molecular formula is C19H28N4O3. The predicted octanol–water partition coefficient (Wildman–Crippen LogP) is 0.694. The quantitative estimate of drug-likeness (QED) is 0.856. The zero-order chi connectivity index (χ0) is 18.1. The fourth-order valence-electron chi connectivity index (χ4n) is 4.30. The second kappa shape index (κ2) is 7.40. The minimum absolute atomic E-state index is 0.0252. The Morgan fingerprint density at radius 3 is 2.81 bits per heavy atom. The second-order valence-corrected chi connectivity index (χ2v) is 7.49. The lowest BCUT2D eigenvalue weighted by Gasteiger charge is -2.42. The number of carbonyl (C=O) groups is 2. The van der Waals surface area contributed by atoms with Crippen molar-refractivity contribution in [2.45, 2.75) is 38.8 Å². The molecule has 3 aliphatic heterocycles. The van der Waals surface area contributed by atoms with Crippen molar-refractivity contribution in [2.24, 2.45) is 0 Å². The molecule has 1 atom stereocenters. The molecule has 0 bridgehead atoms. The molecule has 4 rings (SSSR count). The van der Waals surface area contributed by atoms with Gasteiger partial charge in [0.15, 0.2) is 5.76 Å². The molecule has 3 saturated heterocycles. The fourth-order valence-corrected chi connectivity index (χ4v) is 4.30. The largest absolute Gasteiger partial charge is 0.456 e. The van der Waals surface area contributed by atoms with Gasteiger partial charge in [-0.15, -0.1) is 0 Å². The number of aryl methyl sites for hydroxylation is 1. The van der Waals surface area contributed by atoms with Crippen LogP contribution < -0.4 is 5.32 Å². The van der Waals surface area contributed by atoms with Gasteiger partial charge in [-0.1, -0.05) is 6.92 Å². The topological polar surface area (TPSA) is 69.0 Å². The lowest BCUT2D eigenvalue weighted by molar-refractivity contribution is -0.131. The molecule has 2 amide bonds. The van der Waals surface area contributed by atoms with Gasteiger partial charge in [-0.3, -0.25) is 19.4 Å². The average molecular weight is 360 g/mol. The highest BCUT2D eigenvalue weighted by atomic mass is 16.4. The van der Waals surface area contributed by atoms with E-state index in [-0.39, 0.29) is 17.9 Å². The molecule has 1 aromatic rings. The molecule has 7 heteroatoms. The Kier molecular flexibility index (Phi) is 5.00. The molecule has 7 nitrogen and oxygen atoms in total. The van der Waals surface area contributed by atoms with Gasteiger partial charge < -0.3 is 14.6 Å². The Morgan fingerprint density at radius 2 is 2.04 bits per heavy atom. The van der Waals surface area contributed by atoms with Crippen LogP contribution in [0.4, 0.5) is 0 Å². The summed E-state index contributed by atoms with van der Waals surface area (Å²) in [5.74, 6) is 1.26. The third kappa shape index (κ3) is 3.38. The van der Waals surface area contributed by atoms with Gasteiger partial charge in [0, 0.05) is 51.3 Å². The van der Waals surface area contributed by atoms with E-state index in [1.165, 1.54) is 12.8 Å². The van der Waals surface area contributed by atoms with Crippen molar-refractivity contribution in [3.63, 3.8) is 0 Å². The van der Waals surface area contributed by atoms with Crippen molar-refractivity contribution in [1.29, 1.82) is 0 Å². The van der Waals surface area contributed by atoms with Gasteiger partial charge in [-0.2, -0.15) is 0 Å². The summed E-state index contributed by atoms with van der Waals surface area (Å²) in [6.07, 6.45) is 3.28. The van der Waals surface area contributed by atoms with E-state index in [2.05, 4.69) is 22.0 Å². The number of hydrogen-bond donors (Lipinski definition) is 1. The number of nitrogens with one attached hydrogen (secondary N) is 1. The lowest BCUT2D eigenvalue weighted by Crippen LogP contribution is -2.64. The third-order valence-corrected chi connectivity index (χ3v) is 5.80. The standard InChI is InChI=1S/C19H28N4O3/c1-2-16-14(12-21-6-3-4-7-21)11-17(26-16)19(25)23-10-9-22-8-5-20-18(24)15(22)13-23/h11,15H,2-10,12-13H2,1H3,(H,20,24)/t15-/m1/s1. The summed E-state index contributed by atoms with van der Waals surface area (Å²) in [7, 11) is 0. The summed E-state index contributed by atoms with van der Waals surface area (Å²) in [5.41, 5.74) is 1.13. The van der Waals surface area contributed by atoms with E-state index in [1.54, 1.807) is 4.90 Å². The maximum absolute atomic E-state index is 13.0. The van der Waals surface area contributed by atoms with E-state index in [9.17, 15) is 9.59 Å². The average Bonchev–Trinajstić information content (AvgIpc) is 3.31. The highest BCUT2D eigenvalue weighted by Gasteiger charge is 2.37. The number of amides is 2. The Bertz CT molecular complexity index is 680. The molecule has 1 N–H and O–H groups in total. The Morgan fingerprint density at radius 1 is 1.23 bits per heavy atom. The first kappa shape index (κ1) is 17.5. The summed E-state index contributed by atoms with van der Waals surface area (Å²) < 4.78 is 5.92.